The summed E-state index contributed by atoms with van der Waals surface area (Å²) in [5, 5.41) is 44.8. The molecule has 31 heavy (non-hydrogen) atoms. The highest BCUT2D eigenvalue weighted by Crippen LogP contribution is 2.33. The first-order valence-electron chi connectivity index (χ1n) is 10.1. The predicted octanol–water partition coefficient (Wildman–Crippen LogP) is 1.20. The first-order chi connectivity index (χ1) is 14.7. The Labute approximate surface area is 185 Å². The Kier molecular flexibility index (Phi) is 7.46. The lowest BCUT2D eigenvalue weighted by atomic mass is 9.99. The van der Waals surface area contributed by atoms with Crippen molar-refractivity contribution in [2.45, 2.75) is 63.9 Å². The van der Waals surface area contributed by atoms with E-state index < -0.39 is 37.3 Å². The van der Waals surface area contributed by atoms with Crippen molar-refractivity contribution in [1.82, 2.24) is 9.78 Å². The van der Waals surface area contributed by atoms with Crippen LogP contribution in [0.5, 0.6) is 11.6 Å². The van der Waals surface area contributed by atoms with Crippen LogP contribution in [0.15, 0.2) is 18.2 Å². The van der Waals surface area contributed by atoms with Crippen LogP contribution in [-0.2, 0) is 11.2 Å². The summed E-state index contributed by atoms with van der Waals surface area (Å²) in [4.78, 5) is 0. The van der Waals surface area contributed by atoms with Crippen molar-refractivity contribution >= 4 is 11.6 Å². The Morgan fingerprint density at radius 2 is 1.90 bits per heavy atom. The molecule has 5 atom stereocenters. The van der Waals surface area contributed by atoms with Crippen molar-refractivity contribution in [2.24, 2.45) is 0 Å². The monoisotopic (exact) mass is 456 g/mol. The van der Waals surface area contributed by atoms with Crippen molar-refractivity contribution in [3.8, 4) is 11.6 Å². The number of hydrogen-bond donors (Lipinski definition) is 4. The fourth-order valence-electron chi connectivity index (χ4n) is 3.59. The Hall–Kier alpha value is -1.88. The van der Waals surface area contributed by atoms with Crippen LogP contribution in [0.25, 0.3) is 0 Å². The predicted molar refractivity (Wildman–Crippen MR) is 113 cm³/mol. The largest absolute Gasteiger partial charge is 0.497 e. The van der Waals surface area contributed by atoms with Gasteiger partial charge < -0.3 is 34.6 Å². The van der Waals surface area contributed by atoms with E-state index in [2.05, 4.69) is 5.10 Å². The van der Waals surface area contributed by atoms with Gasteiger partial charge in [-0.15, -0.1) is 5.10 Å². The number of aliphatic hydroxyl groups is 4. The summed E-state index contributed by atoms with van der Waals surface area (Å²) >= 11 is 6.42. The van der Waals surface area contributed by atoms with Gasteiger partial charge >= 0.3 is 0 Å². The molecule has 0 radical (unpaired) electrons. The van der Waals surface area contributed by atoms with Crippen molar-refractivity contribution < 1.29 is 34.6 Å². The van der Waals surface area contributed by atoms with Gasteiger partial charge in [-0.1, -0.05) is 17.7 Å². The second-order valence-corrected chi connectivity index (χ2v) is 8.26. The van der Waals surface area contributed by atoms with Crippen LogP contribution in [0.2, 0.25) is 5.02 Å². The first kappa shape index (κ1) is 23.8. The van der Waals surface area contributed by atoms with E-state index in [-0.39, 0.29) is 11.9 Å². The second-order valence-electron chi connectivity index (χ2n) is 7.86. The second kappa shape index (κ2) is 9.72. The van der Waals surface area contributed by atoms with Gasteiger partial charge in [0.2, 0.25) is 12.2 Å². The quantitative estimate of drug-likeness (QED) is 0.489. The smallest absolute Gasteiger partial charge is 0.239 e. The van der Waals surface area contributed by atoms with Gasteiger partial charge in [-0.2, -0.15) is 0 Å². The minimum Gasteiger partial charge on any atom is -0.497 e. The topological polar surface area (TPSA) is 126 Å². The van der Waals surface area contributed by atoms with Crippen LogP contribution >= 0.6 is 11.6 Å². The molecule has 1 fully saturated rings. The van der Waals surface area contributed by atoms with E-state index in [1.165, 1.54) is 0 Å². The number of hydrogen-bond acceptors (Lipinski definition) is 8. The van der Waals surface area contributed by atoms with Crippen molar-refractivity contribution in [2.75, 3.05) is 13.7 Å². The summed E-state index contributed by atoms with van der Waals surface area (Å²) in [5.74, 6) is 0.851. The number of methoxy groups -OCH3 is 1. The van der Waals surface area contributed by atoms with Crippen molar-refractivity contribution in [3.63, 3.8) is 0 Å². The van der Waals surface area contributed by atoms with E-state index in [0.29, 0.717) is 17.2 Å². The number of aromatic nitrogens is 2. The van der Waals surface area contributed by atoms with Crippen LogP contribution in [-0.4, -0.2) is 74.6 Å². The number of benzene rings is 1. The fourth-order valence-corrected chi connectivity index (χ4v) is 3.83. The third-order valence-corrected chi connectivity index (χ3v) is 5.78. The zero-order valence-corrected chi connectivity index (χ0v) is 18.7. The standard InChI is InChI=1S/C21H29ClN2O7/c1-10(2)24-11(3)14(7-12-5-6-13(29-4)8-15(12)22)20(23-24)31-21-19(28)18(27)17(26)16(9-25)30-21/h5-6,8,10,16-19,21,25-28H,7,9H2,1-4H3/t16?,17-,18+,19-,21+/m1/s1. The third-order valence-electron chi connectivity index (χ3n) is 5.43. The summed E-state index contributed by atoms with van der Waals surface area (Å²) < 4.78 is 18.3. The van der Waals surface area contributed by atoms with Crippen molar-refractivity contribution in [3.05, 3.63) is 40.0 Å². The SMILES string of the molecule is COc1ccc(Cc2c(O[C@@H]3OC(CO)[C@@H](O)[C@H](O)[C@H]3O)nn(C(C)C)c2C)c(Cl)c1. The van der Waals surface area contributed by atoms with Crippen LogP contribution < -0.4 is 9.47 Å². The van der Waals surface area contributed by atoms with E-state index in [0.717, 1.165) is 16.8 Å². The molecule has 9 nitrogen and oxygen atoms in total. The summed E-state index contributed by atoms with van der Waals surface area (Å²) in [6.45, 7) is 5.31. The Morgan fingerprint density at radius 3 is 2.48 bits per heavy atom. The molecule has 0 spiro atoms. The molecule has 1 aliphatic rings. The molecule has 1 unspecified atom stereocenters. The molecule has 2 heterocycles. The molecule has 0 amide bonds. The summed E-state index contributed by atoms with van der Waals surface area (Å²) in [6.07, 6.45) is -6.53. The van der Waals surface area contributed by atoms with Gasteiger partial charge in [-0.05, 0) is 38.5 Å². The Bertz CT molecular complexity index is 902. The Morgan fingerprint density at radius 1 is 1.19 bits per heavy atom. The molecular formula is C21H29ClN2O7. The molecule has 10 heteroatoms. The van der Waals surface area contributed by atoms with E-state index >= 15 is 0 Å². The van der Waals surface area contributed by atoms with Crippen LogP contribution in [0.3, 0.4) is 0 Å². The lowest BCUT2D eigenvalue weighted by molar-refractivity contribution is -0.278. The number of ether oxygens (including phenoxy) is 3. The molecule has 2 aromatic rings. The molecule has 1 saturated heterocycles. The van der Waals surface area contributed by atoms with Gasteiger partial charge in [0.1, 0.15) is 30.2 Å². The van der Waals surface area contributed by atoms with Crippen LogP contribution in [0.4, 0.5) is 0 Å². The summed E-state index contributed by atoms with van der Waals surface area (Å²) in [6, 6.07) is 5.42. The molecule has 1 aliphatic heterocycles. The van der Waals surface area contributed by atoms with Crippen molar-refractivity contribution in [1.29, 1.82) is 0 Å². The van der Waals surface area contributed by atoms with Gasteiger partial charge in [0.15, 0.2) is 0 Å². The highest BCUT2D eigenvalue weighted by Gasteiger charge is 2.45. The van der Waals surface area contributed by atoms with E-state index in [9.17, 15) is 20.4 Å². The third kappa shape index (κ3) is 4.82. The van der Waals surface area contributed by atoms with E-state index in [4.69, 9.17) is 25.8 Å². The molecule has 0 saturated carbocycles. The maximum Gasteiger partial charge on any atom is 0.239 e. The van der Waals surface area contributed by atoms with Crippen LogP contribution in [0.1, 0.15) is 36.7 Å². The maximum atomic E-state index is 10.3. The van der Waals surface area contributed by atoms with Gasteiger partial charge in [0.05, 0.1) is 13.7 Å². The van der Waals surface area contributed by atoms with E-state index in [1.807, 2.05) is 32.9 Å². The molecule has 1 aromatic carbocycles. The summed E-state index contributed by atoms with van der Waals surface area (Å²) in [7, 11) is 1.56. The summed E-state index contributed by atoms with van der Waals surface area (Å²) in [5.41, 5.74) is 2.41. The molecule has 0 aliphatic carbocycles. The molecule has 4 N–H and O–H groups in total. The average molecular weight is 457 g/mol. The number of halogens is 1. The zero-order valence-electron chi connectivity index (χ0n) is 17.9. The normalized spacial score (nSPS) is 26.3. The first-order valence-corrected chi connectivity index (χ1v) is 10.4. The highest BCUT2D eigenvalue weighted by molar-refractivity contribution is 6.31. The lowest BCUT2D eigenvalue weighted by Gasteiger charge is -2.39. The van der Waals surface area contributed by atoms with Gasteiger partial charge in [-0.3, -0.25) is 4.68 Å². The molecule has 1 aromatic heterocycles. The van der Waals surface area contributed by atoms with Gasteiger partial charge in [-0.25, -0.2) is 0 Å². The van der Waals surface area contributed by atoms with Gasteiger partial charge in [0, 0.05) is 28.7 Å². The van der Waals surface area contributed by atoms with E-state index in [1.54, 1.807) is 17.9 Å². The number of nitrogens with zero attached hydrogens (tertiary/aromatic N) is 2. The maximum absolute atomic E-state index is 10.3. The van der Waals surface area contributed by atoms with Gasteiger partial charge in [0.25, 0.3) is 0 Å². The molecule has 3 rings (SSSR count). The Balaban J connectivity index is 1.94. The number of rotatable bonds is 7. The molecule has 172 valence electrons. The number of aliphatic hydroxyl groups excluding tert-OH is 4. The lowest BCUT2D eigenvalue weighted by Crippen LogP contribution is -2.60. The highest BCUT2D eigenvalue weighted by atomic mass is 35.5. The average Bonchev–Trinajstić information content (AvgIpc) is 3.05. The zero-order chi connectivity index (χ0) is 22.9. The molecule has 0 bridgehead atoms. The minimum atomic E-state index is -1.54. The fraction of sp³-hybridized carbons (Fsp3) is 0.571. The minimum absolute atomic E-state index is 0.0391. The van der Waals surface area contributed by atoms with Crippen LogP contribution in [0, 0.1) is 6.92 Å². The molecular weight excluding hydrogens is 428 g/mol.